The van der Waals surface area contributed by atoms with Crippen LogP contribution in [0.3, 0.4) is 0 Å². The van der Waals surface area contributed by atoms with E-state index in [-0.39, 0.29) is 16.8 Å². The second-order valence-electron chi connectivity index (χ2n) is 7.23. The van der Waals surface area contributed by atoms with Crippen LogP contribution in [0.5, 0.6) is 0 Å². The van der Waals surface area contributed by atoms with Crippen LogP contribution in [0.25, 0.3) is 0 Å². The van der Waals surface area contributed by atoms with Crippen molar-refractivity contribution in [3.8, 4) is 0 Å². The van der Waals surface area contributed by atoms with Gasteiger partial charge in [-0.05, 0) is 74.3 Å². The summed E-state index contributed by atoms with van der Waals surface area (Å²) < 4.78 is 28.3. The van der Waals surface area contributed by atoms with Crippen molar-refractivity contribution in [2.75, 3.05) is 24.4 Å². The Morgan fingerprint density at radius 2 is 1.69 bits per heavy atom. The maximum atomic E-state index is 12.5. The maximum absolute atomic E-state index is 12.5. The number of hydrogen-bond donors (Lipinski definition) is 2. The average molecular weight is 480 g/mol. The summed E-state index contributed by atoms with van der Waals surface area (Å²) in [7, 11) is -3.67. The predicted molar refractivity (Wildman–Crippen MR) is 119 cm³/mol. The minimum Gasteiger partial charge on any atom is -0.349 e. The van der Waals surface area contributed by atoms with E-state index in [0.29, 0.717) is 11.3 Å². The summed E-state index contributed by atoms with van der Waals surface area (Å²) in [5.41, 5.74) is 0.935. The third kappa shape index (κ3) is 6.04. The lowest BCUT2D eigenvalue weighted by Gasteiger charge is -2.32. The highest BCUT2D eigenvalue weighted by atomic mass is 79.9. The van der Waals surface area contributed by atoms with Crippen molar-refractivity contribution >= 4 is 37.5 Å². The van der Waals surface area contributed by atoms with Crippen LogP contribution in [-0.2, 0) is 10.0 Å². The number of rotatable bonds is 7. The summed E-state index contributed by atoms with van der Waals surface area (Å²) in [5.74, 6) is -0.124. The monoisotopic (exact) mass is 479 g/mol. The Morgan fingerprint density at radius 1 is 1.07 bits per heavy atom. The molecule has 156 valence electrons. The highest BCUT2D eigenvalue weighted by Crippen LogP contribution is 2.19. The summed E-state index contributed by atoms with van der Waals surface area (Å²) in [4.78, 5) is 15.1. The number of anilines is 1. The fourth-order valence-electron chi connectivity index (χ4n) is 3.40. The number of halogens is 1. The van der Waals surface area contributed by atoms with E-state index < -0.39 is 10.0 Å². The van der Waals surface area contributed by atoms with Gasteiger partial charge in [0.25, 0.3) is 15.9 Å². The molecule has 0 aromatic heterocycles. The van der Waals surface area contributed by atoms with E-state index in [0.717, 1.165) is 43.4 Å². The molecular formula is C21H26BrN3O3S. The molecule has 6 nitrogen and oxygen atoms in total. The smallest absolute Gasteiger partial charge is 0.261 e. The van der Waals surface area contributed by atoms with Crippen molar-refractivity contribution < 1.29 is 13.2 Å². The Hall–Kier alpha value is -1.90. The van der Waals surface area contributed by atoms with E-state index in [1.807, 2.05) is 0 Å². The number of nitrogens with one attached hydrogen (secondary N) is 2. The minimum atomic E-state index is -3.67. The third-order valence-corrected chi connectivity index (χ3v) is 6.91. The number of piperidine rings is 1. The van der Waals surface area contributed by atoms with Gasteiger partial charge < -0.3 is 10.2 Å². The largest absolute Gasteiger partial charge is 0.349 e. The molecule has 0 bridgehead atoms. The number of sulfonamides is 1. The molecule has 0 radical (unpaired) electrons. The summed E-state index contributed by atoms with van der Waals surface area (Å²) in [6.45, 7) is 5.31. The number of likely N-dealkylation sites (tertiary alicyclic amines) is 1. The zero-order valence-electron chi connectivity index (χ0n) is 16.4. The molecule has 1 heterocycles. The molecule has 1 aliphatic rings. The first-order valence-corrected chi connectivity index (χ1v) is 12.1. The van der Waals surface area contributed by atoms with Crippen molar-refractivity contribution in [1.29, 1.82) is 0 Å². The molecule has 2 aromatic rings. The second kappa shape index (κ2) is 9.73. The van der Waals surface area contributed by atoms with Crippen molar-refractivity contribution in [2.45, 2.75) is 37.1 Å². The number of benzene rings is 2. The van der Waals surface area contributed by atoms with Crippen LogP contribution in [0.15, 0.2) is 57.9 Å². The first kappa shape index (κ1) is 21.8. The number of carbonyl (C=O) groups excluding carboxylic acids is 1. The van der Waals surface area contributed by atoms with Gasteiger partial charge in [-0.1, -0.05) is 22.9 Å². The van der Waals surface area contributed by atoms with E-state index in [9.17, 15) is 13.2 Å². The lowest BCUT2D eigenvalue weighted by Crippen LogP contribution is -2.44. The summed E-state index contributed by atoms with van der Waals surface area (Å²) in [6, 6.07) is 13.1. The molecule has 0 aliphatic carbocycles. The van der Waals surface area contributed by atoms with E-state index in [4.69, 9.17) is 0 Å². The van der Waals surface area contributed by atoms with E-state index in [1.165, 1.54) is 12.1 Å². The van der Waals surface area contributed by atoms with Crippen LogP contribution in [0.1, 0.15) is 36.5 Å². The van der Waals surface area contributed by atoms with Crippen molar-refractivity contribution in [3.63, 3.8) is 0 Å². The van der Waals surface area contributed by atoms with Crippen LogP contribution < -0.4 is 10.0 Å². The van der Waals surface area contributed by atoms with Crippen LogP contribution in [0.2, 0.25) is 0 Å². The first-order valence-electron chi connectivity index (χ1n) is 9.79. The molecule has 0 unspecified atom stereocenters. The Labute approximate surface area is 180 Å². The molecule has 0 spiro atoms. The number of amides is 1. The maximum Gasteiger partial charge on any atom is 0.261 e. The second-order valence-corrected chi connectivity index (χ2v) is 9.82. The van der Waals surface area contributed by atoms with E-state index in [2.05, 4.69) is 37.8 Å². The van der Waals surface area contributed by atoms with Crippen LogP contribution in [0, 0.1) is 0 Å². The molecule has 1 fully saturated rings. The van der Waals surface area contributed by atoms with Crippen LogP contribution >= 0.6 is 15.9 Å². The van der Waals surface area contributed by atoms with Crippen molar-refractivity contribution in [3.05, 3.63) is 58.6 Å². The van der Waals surface area contributed by atoms with Crippen LogP contribution in [-0.4, -0.2) is 44.9 Å². The Kier molecular flexibility index (Phi) is 7.32. The molecule has 2 aromatic carbocycles. The molecule has 1 aliphatic heterocycles. The fourth-order valence-corrected chi connectivity index (χ4v) is 4.73. The van der Waals surface area contributed by atoms with Crippen LogP contribution in [0.4, 0.5) is 5.69 Å². The number of carbonyl (C=O) groups is 1. The zero-order valence-corrected chi connectivity index (χ0v) is 18.8. The van der Waals surface area contributed by atoms with Gasteiger partial charge in [-0.2, -0.15) is 0 Å². The number of hydrogen-bond acceptors (Lipinski definition) is 4. The van der Waals surface area contributed by atoms with Crippen molar-refractivity contribution in [2.24, 2.45) is 0 Å². The van der Waals surface area contributed by atoms with Gasteiger partial charge in [0.1, 0.15) is 0 Å². The molecule has 1 saturated heterocycles. The molecule has 29 heavy (non-hydrogen) atoms. The van der Waals surface area contributed by atoms with Crippen molar-refractivity contribution in [1.82, 2.24) is 10.2 Å². The molecule has 2 N–H and O–H groups in total. The summed E-state index contributed by atoms with van der Waals surface area (Å²) >= 11 is 3.29. The fraction of sp³-hybridized carbons (Fsp3) is 0.381. The van der Waals surface area contributed by atoms with E-state index in [1.54, 1.807) is 36.4 Å². The predicted octanol–water partition coefficient (Wildman–Crippen LogP) is 3.85. The van der Waals surface area contributed by atoms with Gasteiger partial charge in [0, 0.05) is 34.9 Å². The molecule has 0 atom stereocenters. The van der Waals surface area contributed by atoms with E-state index >= 15 is 0 Å². The Balaban J connectivity index is 1.57. The van der Waals surface area contributed by atoms with Gasteiger partial charge in [-0.3, -0.25) is 9.52 Å². The van der Waals surface area contributed by atoms with Gasteiger partial charge in [0.05, 0.1) is 4.90 Å². The van der Waals surface area contributed by atoms with Gasteiger partial charge in [0.15, 0.2) is 0 Å². The molecule has 0 saturated carbocycles. The van der Waals surface area contributed by atoms with Gasteiger partial charge in [0.2, 0.25) is 0 Å². The average Bonchev–Trinajstić information content (AvgIpc) is 2.70. The summed E-state index contributed by atoms with van der Waals surface area (Å²) in [5, 5.41) is 3.09. The lowest BCUT2D eigenvalue weighted by molar-refractivity contribution is 0.0911. The molecular weight excluding hydrogens is 454 g/mol. The van der Waals surface area contributed by atoms with Gasteiger partial charge in [-0.25, -0.2) is 8.42 Å². The minimum absolute atomic E-state index is 0.124. The Bertz CT molecular complexity index is 923. The highest BCUT2D eigenvalue weighted by molar-refractivity contribution is 9.10. The molecule has 8 heteroatoms. The quantitative estimate of drug-likeness (QED) is 0.631. The lowest BCUT2D eigenvalue weighted by atomic mass is 10.0. The molecule has 1 amide bonds. The number of nitrogens with zero attached hydrogens (tertiary/aromatic N) is 1. The van der Waals surface area contributed by atoms with Gasteiger partial charge >= 0.3 is 0 Å². The molecule has 3 rings (SSSR count). The third-order valence-electron chi connectivity index (χ3n) is 4.99. The first-order chi connectivity index (χ1) is 13.9. The summed E-state index contributed by atoms with van der Waals surface area (Å²) in [6.07, 6.45) is 3.06. The zero-order chi connectivity index (χ0) is 20.9. The SMILES string of the molecule is CCCN1CCC(NC(=O)c2ccc(NS(=O)(=O)c3ccc(Br)cc3)cc2)CC1. The standard InChI is InChI=1S/C21H26BrN3O3S/c1-2-13-25-14-11-18(12-15-25)23-21(26)16-3-7-19(8-4-16)24-29(27,28)20-9-5-17(22)6-10-20/h3-10,18,24H,2,11-15H2,1H3,(H,23,26). The Morgan fingerprint density at radius 3 is 2.28 bits per heavy atom. The topological polar surface area (TPSA) is 78.5 Å². The normalized spacial score (nSPS) is 15.8. The highest BCUT2D eigenvalue weighted by Gasteiger charge is 2.21. The van der Waals surface area contributed by atoms with Gasteiger partial charge in [-0.15, -0.1) is 0 Å².